The zero-order chi connectivity index (χ0) is 14.9. The quantitative estimate of drug-likeness (QED) is 0.723. The van der Waals surface area contributed by atoms with Crippen LogP contribution in [0.5, 0.6) is 0 Å². The molecule has 1 N–H and O–H groups in total. The topological polar surface area (TPSA) is 89.6 Å². The van der Waals surface area contributed by atoms with Crippen LogP contribution in [0.3, 0.4) is 0 Å². The molecule has 0 radical (unpaired) electrons. The maximum atomic E-state index is 12.1. The van der Waals surface area contributed by atoms with Gasteiger partial charge in [0.2, 0.25) is 5.82 Å². The highest BCUT2D eigenvalue weighted by Crippen LogP contribution is 2.22. The van der Waals surface area contributed by atoms with Crippen molar-refractivity contribution in [1.82, 2.24) is 14.3 Å². The summed E-state index contributed by atoms with van der Waals surface area (Å²) in [4.78, 5) is 25.3. The van der Waals surface area contributed by atoms with Gasteiger partial charge in [0.05, 0.1) is 5.60 Å². The zero-order valence-electron chi connectivity index (χ0n) is 12.0. The molecule has 0 bridgehead atoms. The smallest absolute Gasteiger partial charge is 0.346 e. The summed E-state index contributed by atoms with van der Waals surface area (Å²) in [5, 5.41) is 14.4. The highest BCUT2D eigenvalue weighted by atomic mass is 16.5. The summed E-state index contributed by atoms with van der Waals surface area (Å²) in [6, 6.07) is 0. The van der Waals surface area contributed by atoms with Gasteiger partial charge >= 0.3 is 5.69 Å². The molecule has 0 unspecified atom stereocenters. The minimum Gasteiger partial charge on any atom is -0.388 e. The van der Waals surface area contributed by atoms with Crippen molar-refractivity contribution in [2.45, 2.75) is 18.4 Å². The lowest BCUT2D eigenvalue weighted by Crippen LogP contribution is -2.49. The van der Waals surface area contributed by atoms with Crippen molar-refractivity contribution in [1.29, 1.82) is 0 Å². The van der Waals surface area contributed by atoms with Crippen LogP contribution in [0.4, 0.5) is 5.82 Å². The molecular formula is C12H20N4O4. The predicted molar refractivity (Wildman–Crippen MR) is 73.0 cm³/mol. The van der Waals surface area contributed by atoms with Gasteiger partial charge in [-0.3, -0.25) is 9.36 Å². The molecule has 0 atom stereocenters. The molecule has 1 aromatic heterocycles. The molecule has 1 saturated heterocycles. The molecule has 0 spiro atoms. The molecule has 2 rings (SSSR count). The van der Waals surface area contributed by atoms with Crippen molar-refractivity contribution < 1.29 is 9.84 Å². The van der Waals surface area contributed by atoms with E-state index in [1.807, 2.05) is 0 Å². The fourth-order valence-electron chi connectivity index (χ4n) is 2.35. The standard InChI is InChI=1S/C12H20N4O4/c1-14(8-12(19)4-6-20-7-5-12)9-10(17)15(2)11(18)16(3)13-9/h19H,4-8H2,1-3H3. The van der Waals surface area contributed by atoms with Crippen LogP contribution in [0.25, 0.3) is 0 Å². The molecule has 2 heterocycles. The first-order valence-electron chi connectivity index (χ1n) is 6.50. The second kappa shape index (κ2) is 5.37. The lowest BCUT2D eigenvalue weighted by molar-refractivity contribution is -0.0573. The van der Waals surface area contributed by atoms with Gasteiger partial charge in [-0.2, -0.15) is 0 Å². The minimum atomic E-state index is -0.894. The summed E-state index contributed by atoms with van der Waals surface area (Å²) in [5.74, 6) is 0.148. The number of ether oxygens (including phenoxy) is 1. The summed E-state index contributed by atoms with van der Waals surface area (Å²) in [6.45, 7) is 1.28. The van der Waals surface area contributed by atoms with Crippen LogP contribution in [-0.4, -0.2) is 51.9 Å². The van der Waals surface area contributed by atoms with E-state index in [4.69, 9.17) is 4.74 Å². The second-order valence-corrected chi connectivity index (χ2v) is 5.29. The molecule has 0 aromatic carbocycles. The highest BCUT2D eigenvalue weighted by molar-refractivity contribution is 5.34. The molecule has 1 aliphatic rings. The molecule has 8 nitrogen and oxygen atoms in total. The number of aliphatic hydroxyl groups is 1. The van der Waals surface area contributed by atoms with Gasteiger partial charge in [0, 0.05) is 53.7 Å². The Bertz CT molecular complexity index is 600. The summed E-state index contributed by atoms with van der Waals surface area (Å²) in [7, 11) is 4.58. The Balaban J connectivity index is 2.28. The molecular weight excluding hydrogens is 264 g/mol. The van der Waals surface area contributed by atoms with Crippen molar-refractivity contribution >= 4 is 5.82 Å². The van der Waals surface area contributed by atoms with Crippen LogP contribution in [-0.2, 0) is 18.8 Å². The summed E-state index contributed by atoms with van der Waals surface area (Å²) < 4.78 is 7.34. The van der Waals surface area contributed by atoms with Gasteiger partial charge in [-0.05, 0) is 0 Å². The number of aryl methyl sites for hydroxylation is 1. The number of hydrogen-bond donors (Lipinski definition) is 1. The lowest BCUT2D eigenvalue weighted by atomic mass is 9.94. The minimum absolute atomic E-state index is 0.148. The molecule has 1 aromatic rings. The van der Waals surface area contributed by atoms with Gasteiger partial charge in [-0.25, -0.2) is 9.48 Å². The number of hydrogen-bond acceptors (Lipinski definition) is 6. The maximum Gasteiger partial charge on any atom is 0.346 e. The largest absolute Gasteiger partial charge is 0.388 e. The number of anilines is 1. The summed E-state index contributed by atoms with van der Waals surface area (Å²) >= 11 is 0. The van der Waals surface area contributed by atoms with E-state index < -0.39 is 16.9 Å². The third-order valence-electron chi connectivity index (χ3n) is 3.62. The predicted octanol–water partition coefficient (Wildman–Crippen LogP) is -1.54. The van der Waals surface area contributed by atoms with Gasteiger partial charge in [-0.15, -0.1) is 5.10 Å². The first-order valence-corrected chi connectivity index (χ1v) is 6.50. The van der Waals surface area contributed by atoms with Gasteiger partial charge in [0.15, 0.2) is 0 Å². The van der Waals surface area contributed by atoms with E-state index in [1.54, 1.807) is 11.9 Å². The van der Waals surface area contributed by atoms with Crippen LogP contribution in [0.15, 0.2) is 9.59 Å². The first-order chi connectivity index (χ1) is 9.34. The van der Waals surface area contributed by atoms with Crippen LogP contribution in [0, 0.1) is 0 Å². The van der Waals surface area contributed by atoms with Crippen molar-refractivity contribution in [2.24, 2.45) is 14.1 Å². The Morgan fingerprint density at radius 3 is 2.55 bits per heavy atom. The van der Waals surface area contributed by atoms with Crippen LogP contribution >= 0.6 is 0 Å². The van der Waals surface area contributed by atoms with Gasteiger partial charge in [-0.1, -0.05) is 0 Å². The van der Waals surface area contributed by atoms with Crippen molar-refractivity contribution in [3.63, 3.8) is 0 Å². The molecule has 1 fully saturated rings. The molecule has 112 valence electrons. The van der Waals surface area contributed by atoms with E-state index >= 15 is 0 Å². The van der Waals surface area contributed by atoms with Crippen LogP contribution in [0.1, 0.15) is 12.8 Å². The number of aromatic nitrogens is 3. The SMILES string of the molecule is CN(CC1(O)CCOCC1)c1nn(C)c(=O)n(C)c1=O. The number of rotatable bonds is 3. The monoisotopic (exact) mass is 284 g/mol. The Hall–Kier alpha value is -1.67. The molecule has 8 heteroatoms. The third kappa shape index (κ3) is 2.75. The lowest BCUT2D eigenvalue weighted by Gasteiger charge is -2.35. The van der Waals surface area contributed by atoms with E-state index in [-0.39, 0.29) is 12.4 Å². The normalized spacial score (nSPS) is 18.0. The molecule has 0 amide bonds. The summed E-state index contributed by atoms with van der Waals surface area (Å²) in [5.41, 5.74) is -1.84. The van der Waals surface area contributed by atoms with E-state index in [2.05, 4.69) is 5.10 Å². The Morgan fingerprint density at radius 1 is 1.35 bits per heavy atom. The average molecular weight is 284 g/mol. The van der Waals surface area contributed by atoms with Gasteiger partial charge in [0.25, 0.3) is 5.56 Å². The van der Waals surface area contributed by atoms with Gasteiger partial charge < -0.3 is 14.7 Å². The number of nitrogens with zero attached hydrogens (tertiary/aromatic N) is 4. The van der Waals surface area contributed by atoms with Gasteiger partial charge in [0.1, 0.15) is 0 Å². The molecule has 1 aliphatic heterocycles. The second-order valence-electron chi connectivity index (χ2n) is 5.29. The van der Waals surface area contributed by atoms with E-state index in [1.165, 1.54) is 14.1 Å². The fourth-order valence-corrected chi connectivity index (χ4v) is 2.35. The Kier molecular flexibility index (Phi) is 3.96. The molecule has 0 saturated carbocycles. The fraction of sp³-hybridized carbons (Fsp3) is 0.750. The van der Waals surface area contributed by atoms with Crippen molar-refractivity contribution in [3.05, 3.63) is 20.8 Å². The van der Waals surface area contributed by atoms with Crippen LogP contribution < -0.4 is 16.1 Å². The summed E-state index contributed by atoms with van der Waals surface area (Å²) in [6.07, 6.45) is 1.03. The third-order valence-corrected chi connectivity index (χ3v) is 3.62. The Morgan fingerprint density at radius 2 is 1.95 bits per heavy atom. The van der Waals surface area contributed by atoms with E-state index in [0.717, 1.165) is 9.25 Å². The number of likely N-dealkylation sites (N-methyl/N-ethyl adjacent to an activating group) is 1. The van der Waals surface area contributed by atoms with Crippen LogP contribution in [0.2, 0.25) is 0 Å². The molecule has 0 aliphatic carbocycles. The zero-order valence-corrected chi connectivity index (χ0v) is 12.0. The Labute approximate surface area is 116 Å². The molecule has 20 heavy (non-hydrogen) atoms. The van der Waals surface area contributed by atoms with Crippen molar-refractivity contribution in [3.8, 4) is 0 Å². The van der Waals surface area contributed by atoms with Crippen molar-refractivity contribution in [2.75, 3.05) is 31.7 Å². The van der Waals surface area contributed by atoms with E-state index in [0.29, 0.717) is 26.1 Å². The maximum absolute atomic E-state index is 12.1. The highest BCUT2D eigenvalue weighted by Gasteiger charge is 2.32. The first kappa shape index (κ1) is 14.7. The average Bonchev–Trinajstić information content (AvgIpc) is 2.40. The van der Waals surface area contributed by atoms with E-state index in [9.17, 15) is 14.7 Å².